The van der Waals surface area contributed by atoms with Crippen molar-refractivity contribution in [3.05, 3.63) is 70.2 Å². The van der Waals surface area contributed by atoms with Gasteiger partial charge in [0.1, 0.15) is 0 Å². The molecular weight excluding hydrogens is 394 g/mol. The van der Waals surface area contributed by atoms with Crippen LogP contribution in [0.2, 0.25) is 0 Å². The van der Waals surface area contributed by atoms with E-state index in [-0.39, 0.29) is 17.9 Å². The molecule has 5 nitrogen and oxygen atoms in total. The standard InChI is InChI=1S/C20H22BrN3O2/c21-16-9-4-6-14(12-16)17(23-19(22)26)13-18(25)24-20(10-5-11-20)15-7-2-1-3-8-15/h1-4,6-9,12,17H,5,10-11,13H2,(H,24,25)(H3,22,23,26)/t17-/m1/s1. The summed E-state index contributed by atoms with van der Waals surface area (Å²) in [4.78, 5) is 24.2. The minimum Gasteiger partial charge on any atom is -0.352 e. The molecule has 3 amide bonds. The van der Waals surface area contributed by atoms with Gasteiger partial charge in [-0.2, -0.15) is 0 Å². The molecule has 26 heavy (non-hydrogen) atoms. The fraction of sp³-hybridized carbons (Fsp3) is 0.300. The van der Waals surface area contributed by atoms with Crippen molar-refractivity contribution in [1.82, 2.24) is 10.6 Å². The van der Waals surface area contributed by atoms with Crippen LogP contribution in [-0.2, 0) is 10.3 Å². The van der Waals surface area contributed by atoms with Crippen LogP contribution in [0.3, 0.4) is 0 Å². The monoisotopic (exact) mass is 415 g/mol. The van der Waals surface area contributed by atoms with Gasteiger partial charge in [0.15, 0.2) is 0 Å². The van der Waals surface area contributed by atoms with Crippen molar-refractivity contribution in [3.8, 4) is 0 Å². The molecule has 1 aliphatic rings. The Hall–Kier alpha value is -2.34. The fourth-order valence-electron chi connectivity index (χ4n) is 3.42. The van der Waals surface area contributed by atoms with Gasteiger partial charge in [-0.25, -0.2) is 4.79 Å². The predicted octanol–water partition coefficient (Wildman–Crippen LogP) is 3.74. The van der Waals surface area contributed by atoms with E-state index >= 15 is 0 Å². The largest absolute Gasteiger partial charge is 0.352 e. The van der Waals surface area contributed by atoms with Crippen molar-refractivity contribution < 1.29 is 9.59 Å². The molecule has 0 aromatic heterocycles. The first kappa shape index (κ1) is 18.5. The third-order valence-electron chi connectivity index (χ3n) is 4.87. The highest BCUT2D eigenvalue weighted by molar-refractivity contribution is 9.10. The van der Waals surface area contributed by atoms with Crippen molar-refractivity contribution in [1.29, 1.82) is 0 Å². The summed E-state index contributed by atoms with van der Waals surface area (Å²) < 4.78 is 0.881. The van der Waals surface area contributed by atoms with Gasteiger partial charge in [-0.3, -0.25) is 4.79 Å². The number of nitrogens with two attached hydrogens (primary N) is 1. The number of amides is 3. The van der Waals surface area contributed by atoms with Crippen molar-refractivity contribution >= 4 is 27.9 Å². The Morgan fingerprint density at radius 3 is 2.42 bits per heavy atom. The summed E-state index contributed by atoms with van der Waals surface area (Å²) in [5.41, 5.74) is 6.96. The highest BCUT2D eigenvalue weighted by Crippen LogP contribution is 2.41. The maximum absolute atomic E-state index is 12.8. The third-order valence-corrected chi connectivity index (χ3v) is 5.36. The number of halogens is 1. The molecule has 1 fully saturated rings. The molecule has 0 saturated heterocycles. The van der Waals surface area contributed by atoms with Gasteiger partial charge in [-0.15, -0.1) is 0 Å². The number of primary amides is 1. The summed E-state index contributed by atoms with van der Waals surface area (Å²) in [6.07, 6.45) is 3.07. The second-order valence-corrected chi connectivity index (χ2v) is 7.59. The van der Waals surface area contributed by atoms with E-state index < -0.39 is 12.1 Å². The SMILES string of the molecule is NC(=O)N[C@H](CC(=O)NC1(c2ccccc2)CCC1)c1cccc(Br)c1. The predicted molar refractivity (Wildman–Crippen MR) is 104 cm³/mol. The van der Waals surface area contributed by atoms with Crippen molar-refractivity contribution in [2.24, 2.45) is 5.73 Å². The summed E-state index contributed by atoms with van der Waals surface area (Å²) >= 11 is 3.42. The van der Waals surface area contributed by atoms with E-state index in [2.05, 4.69) is 26.6 Å². The third kappa shape index (κ3) is 4.25. The average molecular weight is 416 g/mol. The summed E-state index contributed by atoms with van der Waals surface area (Å²) in [5, 5.41) is 5.86. The quantitative estimate of drug-likeness (QED) is 0.670. The molecule has 4 N–H and O–H groups in total. The normalized spacial score (nSPS) is 16.2. The number of rotatable bonds is 6. The molecule has 1 aliphatic carbocycles. The lowest BCUT2D eigenvalue weighted by Gasteiger charge is -2.43. The van der Waals surface area contributed by atoms with Crippen LogP contribution in [0, 0.1) is 0 Å². The summed E-state index contributed by atoms with van der Waals surface area (Å²) in [6, 6.07) is 16.4. The van der Waals surface area contributed by atoms with Crippen molar-refractivity contribution in [2.75, 3.05) is 0 Å². The van der Waals surface area contributed by atoms with Crippen LogP contribution in [0.4, 0.5) is 4.79 Å². The van der Waals surface area contributed by atoms with Crippen LogP contribution in [-0.4, -0.2) is 11.9 Å². The second kappa shape index (κ2) is 7.91. The first-order chi connectivity index (χ1) is 12.5. The summed E-state index contributed by atoms with van der Waals surface area (Å²) in [6.45, 7) is 0. The Balaban J connectivity index is 1.74. The molecule has 0 heterocycles. The number of hydrogen-bond acceptors (Lipinski definition) is 2. The number of nitrogens with one attached hydrogen (secondary N) is 2. The number of carbonyl (C=O) groups excluding carboxylic acids is 2. The number of carbonyl (C=O) groups is 2. The first-order valence-electron chi connectivity index (χ1n) is 8.66. The Bertz CT molecular complexity index is 791. The van der Waals surface area contributed by atoms with E-state index in [1.807, 2.05) is 54.6 Å². The molecule has 1 atom stereocenters. The van der Waals surface area contributed by atoms with E-state index in [0.717, 1.165) is 34.9 Å². The van der Waals surface area contributed by atoms with E-state index in [0.29, 0.717) is 0 Å². The zero-order chi connectivity index (χ0) is 18.6. The lowest BCUT2D eigenvalue weighted by Crippen LogP contribution is -2.51. The summed E-state index contributed by atoms with van der Waals surface area (Å²) in [7, 11) is 0. The topological polar surface area (TPSA) is 84.2 Å². The molecule has 2 aromatic carbocycles. The molecule has 0 aliphatic heterocycles. The van der Waals surface area contributed by atoms with Crippen LogP contribution in [0.5, 0.6) is 0 Å². The Morgan fingerprint density at radius 1 is 1.12 bits per heavy atom. The zero-order valence-corrected chi connectivity index (χ0v) is 16.0. The molecule has 3 rings (SSSR count). The second-order valence-electron chi connectivity index (χ2n) is 6.67. The molecule has 0 radical (unpaired) electrons. The van der Waals surface area contributed by atoms with Crippen LogP contribution < -0.4 is 16.4 Å². The molecule has 0 spiro atoms. The van der Waals surface area contributed by atoms with Crippen molar-refractivity contribution in [3.63, 3.8) is 0 Å². The van der Waals surface area contributed by atoms with Crippen LogP contribution >= 0.6 is 15.9 Å². The maximum atomic E-state index is 12.8. The van der Waals surface area contributed by atoms with E-state index in [4.69, 9.17) is 5.73 Å². The minimum atomic E-state index is -0.649. The lowest BCUT2D eigenvalue weighted by molar-refractivity contribution is -0.124. The Kier molecular flexibility index (Phi) is 5.61. The highest BCUT2D eigenvalue weighted by Gasteiger charge is 2.40. The van der Waals surface area contributed by atoms with Gasteiger partial charge in [-0.1, -0.05) is 58.4 Å². The number of benzene rings is 2. The smallest absolute Gasteiger partial charge is 0.312 e. The molecule has 0 unspecified atom stereocenters. The number of hydrogen-bond donors (Lipinski definition) is 3. The molecule has 1 saturated carbocycles. The van der Waals surface area contributed by atoms with E-state index in [1.165, 1.54) is 0 Å². The average Bonchev–Trinajstić information content (AvgIpc) is 2.58. The van der Waals surface area contributed by atoms with Gasteiger partial charge in [0.05, 0.1) is 18.0 Å². The minimum absolute atomic E-state index is 0.104. The number of urea groups is 1. The lowest BCUT2D eigenvalue weighted by atomic mass is 9.71. The van der Waals surface area contributed by atoms with Gasteiger partial charge in [0.25, 0.3) is 0 Å². The van der Waals surface area contributed by atoms with Crippen LogP contribution in [0.15, 0.2) is 59.1 Å². The van der Waals surface area contributed by atoms with Gasteiger partial charge < -0.3 is 16.4 Å². The van der Waals surface area contributed by atoms with Crippen LogP contribution in [0.25, 0.3) is 0 Å². The zero-order valence-electron chi connectivity index (χ0n) is 14.4. The van der Waals surface area contributed by atoms with Crippen LogP contribution in [0.1, 0.15) is 42.9 Å². The molecule has 0 bridgehead atoms. The van der Waals surface area contributed by atoms with Gasteiger partial charge >= 0.3 is 6.03 Å². The fourth-order valence-corrected chi connectivity index (χ4v) is 3.84. The Labute approximate surface area is 161 Å². The van der Waals surface area contributed by atoms with Gasteiger partial charge in [0.2, 0.25) is 5.91 Å². The van der Waals surface area contributed by atoms with Gasteiger partial charge in [-0.05, 0) is 42.5 Å². The Morgan fingerprint density at radius 2 is 1.85 bits per heavy atom. The summed E-state index contributed by atoms with van der Waals surface area (Å²) in [5.74, 6) is -0.104. The molecule has 136 valence electrons. The highest BCUT2D eigenvalue weighted by atomic mass is 79.9. The maximum Gasteiger partial charge on any atom is 0.312 e. The molecule has 6 heteroatoms. The van der Waals surface area contributed by atoms with Crippen molar-refractivity contribution in [2.45, 2.75) is 37.3 Å². The van der Waals surface area contributed by atoms with E-state index in [1.54, 1.807) is 0 Å². The first-order valence-corrected chi connectivity index (χ1v) is 9.46. The molecule has 2 aromatic rings. The molecular formula is C20H22BrN3O2. The van der Waals surface area contributed by atoms with E-state index in [9.17, 15) is 9.59 Å². The van der Waals surface area contributed by atoms with Gasteiger partial charge in [0, 0.05) is 4.47 Å².